The average molecular weight is 499 g/mol. The molecular formula is C26H30N2O6S. The lowest BCUT2D eigenvalue weighted by atomic mass is 9.96. The average Bonchev–Trinajstić information content (AvgIpc) is 2.87. The van der Waals surface area contributed by atoms with Crippen LogP contribution >= 0.6 is 0 Å². The van der Waals surface area contributed by atoms with Gasteiger partial charge in [-0.05, 0) is 60.9 Å². The van der Waals surface area contributed by atoms with Gasteiger partial charge in [0.15, 0.2) is 11.5 Å². The fourth-order valence-electron chi connectivity index (χ4n) is 3.89. The molecule has 2 amide bonds. The zero-order valence-electron chi connectivity index (χ0n) is 20.3. The molecule has 1 N–H and O–H groups in total. The van der Waals surface area contributed by atoms with Crippen molar-refractivity contribution in [1.82, 2.24) is 9.62 Å². The normalized spacial score (nSPS) is 12.1. The maximum absolute atomic E-state index is 13.3. The zero-order valence-corrected chi connectivity index (χ0v) is 21.1. The van der Waals surface area contributed by atoms with Gasteiger partial charge in [-0.1, -0.05) is 36.4 Å². The first-order valence-corrected chi connectivity index (χ1v) is 12.8. The monoisotopic (exact) mass is 498 g/mol. The van der Waals surface area contributed by atoms with Crippen LogP contribution < -0.4 is 14.2 Å². The molecule has 0 aliphatic heterocycles. The van der Waals surface area contributed by atoms with Gasteiger partial charge in [-0.25, -0.2) is 13.1 Å². The van der Waals surface area contributed by atoms with E-state index in [1.807, 2.05) is 12.1 Å². The maximum atomic E-state index is 13.3. The molecule has 0 heterocycles. The number of methoxy groups -OCH3 is 2. The van der Waals surface area contributed by atoms with Gasteiger partial charge in [0.1, 0.15) is 5.92 Å². The van der Waals surface area contributed by atoms with Crippen LogP contribution in [0.1, 0.15) is 19.4 Å². The minimum Gasteiger partial charge on any atom is -0.493 e. The van der Waals surface area contributed by atoms with Gasteiger partial charge in [-0.3, -0.25) is 9.59 Å². The molecule has 9 heteroatoms. The second-order valence-corrected chi connectivity index (χ2v) is 9.62. The number of carbonyl (C=O) groups excluding carboxylic acids is 2. The lowest BCUT2D eigenvalue weighted by molar-refractivity contribution is -0.141. The number of ether oxygens (including phenoxy) is 2. The molecule has 3 aromatic carbocycles. The molecule has 3 aromatic rings. The van der Waals surface area contributed by atoms with E-state index in [4.69, 9.17) is 9.47 Å². The molecule has 0 bridgehead atoms. The summed E-state index contributed by atoms with van der Waals surface area (Å²) in [5, 5.41) is 1.60. The van der Waals surface area contributed by atoms with Crippen molar-refractivity contribution in [2.75, 3.05) is 27.3 Å². The van der Waals surface area contributed by atoms with Gasteiger partial charge in [0, 0.05) is 13.1 Å². The van der Waals surface area contributed by atoms with Crippen LogP contribution in [0, 0.1) is 5.92 Å². The second-order valence-electron chi connectivity index (χ2n) is 7.94. The molecule has 1 atom stereocenters. The van der Waals surface area contributed by atoms with Crippen LogP contribution in [-0.2, 0) is 26.0 Å². The summed E-state index contributed by atoms with van der Waals surface area (Å²) >= 11 is 0. The first kappa shape index (κ1) is 26.0. The Morgan fingerprint density at radius 2 is 1.54 bits per heavy atom. The molecule has 0 saturated heterocycles. The van der Waals surface area contributed by atoms with E-state index in [0.29, 0.717) is 30.2 Å². The minimum atomic E-state index is -4.20. The Balaban J connectivity index is 1.92. The van der Waals surface area contributed by atoms with Crippen molar-refractivity contribution in [3.05, 3.63) is 66.2 Å². The van der Waals surface area contributed by atoms with E-state index in [0.717, 1.165) is 10.8 Å². The number of nitrogens with zero attached hydrogens (tertiary/aromatic N) is 1. The molecule has 0 radical (unpaired) electrons. The highest BCUT2D eigenvalue weighted by Gasteiger charge is 2.33. The minimum absolute atomic E-state index is 0.00520. The summed E-state index contributed by atoms with van der Waals surface area (Å²) in [4.78, 5) is 28.0. The van der Waals surface area contributed by atoms with Crippen LogP contribution in [-0.4, -0.2) is 52.4 Å². The van der Waals surface area contributed by atoms with Crippen LogP contribution in [0.15, 0.2) is 65.6 Å². The fraction of sp³-hybridized carbons (Fsp3) is 0.308. The summed E-state index contributed by atoms with van der Waals surface area (Å²) in [6.07, 6.45) is -0.00520. The number of fused-ring (bicyclic) bond motifs is 1. The Hall–Kier alpha value is -3.59. The molecule has 0 fully saturated rings. The summed E-state index contributed by atoms with van der Waals surface area (Å²) in [6.45, 7) is 4.39. The third-order valence-corrected chi connectivity index (χ3v) is 7.19. The van der Waals surface area contributed by atoms with Gasteiger partial charge >= 0.3 is 0 Å². The number of sulfonamides is 1. The van der Waals surface area contributed by atoms with E-state index in [-0.39, 0.29) is 11.3 Å². The number of hydrogen-bond acceptors (Lipinski definition) is 6. The highest BCUT2D eigenvalue weighted by Crippen LogP contribution is 2.29. The van der Waals surface area contributed by atoms with Gasteiger partial charge in [-0.15, -0.1) is 0 Å². The van der Waals surface area contributed by atoms with Crippen molar-refractivity contribution in [3.8, 4) is 11.5 Å². The summed E-state index contributed by atoms with van der Waals surface area (Å²) in [5.41, 5.74) is 0.631. The van der Waals surface area contributed by atoms with E-state index in [2.05, 4.69) is 4.72 Å². The van der Waals surface area contributed by atoms with E-state index in [9.17, 15) is 18.0 Å². The van der Waals surface area contributed by atoms with Crippen molar-refractivity contribution in [2.45, 2.75) is 25.2 Å². The van der Waals surface area contributed by atoms with Gasteiger partial charge < -0.3 is 14.4 Å². The fourth-order valence-corrected chi connectivity index (χ4v) is 4.94. The molecular weight excluding hydrogens is 468 g/mol. The first-order valence-electron chi connectivity index (χ1n) is 11.3. The van der Waals surface area contributed by atoms with Crippen molar-refractivity contribution in [3.63, 3.8) is 0 Å². The van der Waals surface area contributed by atoms with Gasteiger partial charge in [-0.2, -0.15) is 0 Å². The second kappa shape index (κ2) is 11.2. The number of nitrogens with one attached hydrogen (secondary N) is 1. The Labute approximate surface area is 205 Å². The van der Waals surface area contributed by atoms with Crippen LogP contribution in [0.3, 0.4) is 0 Å². The standard InChI is InChI=1S/C26H30N2O6S/c1-5-28(6-2)26(30)22(15-18-11-14-23(33-3)24(16-18)34-4)25(29)27-35(31,32)21-13-12-19-9-7-8-10-20(19)17-21/h7-14,16-17,22H,5-6,15H2,1-4H3,(H,27,29). The van der Waals surface area contributed by atoms with Crippen LogP contribution in [0.5, 0.6) is 11.5 Å². The molecule has 0 aromatic heterocycles. The Bertz CT molecular complexity index is 1320. The quantitative estimate of drug-likeness (QED) is 0.430. The molecule has 1 unspecified atom stereocenters. The molecule has 35 heavy (non-hydrogen) atoms. The maximum Gasteiger partial charge on any atom is 0.264 e. The van der Waals surface area contributed by atoms with E-state index in [1.165, 1.54) is 31.3 Å². The largest absolute Gasteiger partial charge is 0.493 e. The molecule has 0 aliphatic carbocycles. The molecule has 186 valence electrons. The van der Waals surface area contributed by atoms with Crippen LogP contribution in [0.25, 0.3) is 10.8 Å². The van der Waals surface area contributed by atoms with Crippen LogP contribution in [0.4, 0.5) is 0 Å². The molecule has 3 rings (SSSR count). The lowest BCUT2D eigenvalue weighted by Gasteiger charge is -2.25. The van der Waals surface area contributed by atoms with E-state index in [1.54, 1.807) is 50.2 Å². The number of rotatable bonds is 10. The van der Waals surface area contributed by atoms with Crippen molar-refractivity contribution >= 4 is 32.6 Å². The number of carbonyl (C=O) groups is 2. The highest BCUT2D eigenvalue weighted by molar-refractivity contribution is 7.90. The molecule has 8 nitrogen and oxygen atoms in total. The predicted molar refractivity (Wildman–Crippen MR) is 134 cm³/mol. The number of amides is 2. The third kappa shape index (κ3) is 5.92. The summed E-state index contributed by atoms with van der Waals surface area (Å²) in [7, 11) is -1.20. The Morgan fingerprint density at radius 3 is 2.17 bits per heavy atom. The molecule has 0 saturated carbocycles. The molecule has 0 aliphatic rings. The summed E-state index contributed by atoms with van der Waals surface area (Å²) in [6, 6.07) is 17.0. The van der Waals surface area contributed by atoms with Crippen molar-refractivity contribution < 1.29 is 27.5 Å². The van der Waals surface area contributed by atoms with E-state index < -0.39 is 27.8 Å². The number of hydrogen-bond donors (Lipinski definition) is 1. The lowest BCUT2D eigenvalue weighted by Crippen LogP contribution is -2.46. The van der Waals surface area contributed by atoms with E-state index >= 15 is 0 Å². The van der Waals surface area contributed by atoms with Crippen molar-refractivity contribution in [2.24, 2.45) is 5.92 Å². The SMILES string of the molecule is CCN(CC)C(=O)C(Cc1ccc(OC)c(OC)c1)C(=O)NS(=O)(=O)c1ccc2ccccc2c1. The smallest absolute Gasteiger partial charge is 0.264 e. The summed E-state index contributed by atoms with van der Waals surface area (Å²) < 4.78 is 38.8. The third-order valence-electron chi connectivity index (χ3n) is 5.84. The topological polar surface area (TPSA) is 102 Å². The van der Waals surface area contributed by atoms with Gasteiger partial charge in [0.2, 0.25) is 11.8 Å². The first-order chi connectivity index (χ1) is 16.7. The van der Waals surface area contributed by atoms with Crippen LogP contribution in [0.2, 0.25) is 0 Å². The van der Waals surface area contributed by atoms with Gasteiger partial charge in [0.25, 0.3) is 10.0 Å². The number of benzene rings is 3. The Kier molecular flexibility index (Phi) is 8.34. The molecule has 0 spiro atoms. The van der Waals surface area contributed by atoms with Crippen molar-refractivity contribution in [1.29, 1.82) is 0 Å². The summed E-state index contributed by atoms with van der Waals surface area (Å²) in [5.74, 6) is -1.63. The zero-order chi connectivity index (χ0) is 25.6. The Morgan fingerprint density at radius 1 is 0.886 bits per heavy atom. The predicted octanol–water partition coefficient (Wildman–Crippen LogP) is 3.39. The van der Waals surface area contributed by atoms with Gasteiger partial charge in [0.05, 0.1) is 19.1 Å². The highest BCUT2D eigenvalue weighted by atomic mass is 32.2.